The van der Waals surface area contributed by atoms with Gasteiger partial charge in [0.15, 0.2) is 0 Å². The lowest BCUT2D eigenvalue weighted by Gasteiger charge is -2.26. The maximum absolute atomic E-state index is 12.4. The first-order valence-electron chi connectivity index (χ1n) is 7.81. The summed E-state index contributed by atoms with van der Waals surface area (Å²) in [6.07, 6.45) is 4.11. The predicted molar refractivity (Wildman–Crippen MR) is 83.9 cm³/mol. The minimum atomic E-state index is -0.507. The molecule has 7 nitrogen and oxygen atoms in total. The molecule has 2 N–H and O–H groups in total. The van der Waals surface area contributed by atoms with Gasteiger partial charge in [0.1, 0.15) is 5.82 Å². The number of carbonyl (C=O) groups excluding carboxylic acids is 3. The van der Waals surface area contributed by atoms with Gasteiger partial charge < -0.3 is 10.2 Å². The lowest BCUT2D eigenvalue weighted by Crippen LogP contribution is -2.43. The Hall–Kier alpha value is -2.44. The molecule has 122 valence electrons. The number of anilines is 1. The number of hydrogen-bond donors (Lipinski definition) is 2. The smallest absolute Gasteiger partial charge is 0.252 e. The van der Waals surface area contributed by atoms with E-state index in [0.717, 1.165) is 18.7 Å². The highest BCUT2D eigenvalue weighted by molar-refractivity contribution is 5.99. The van der Waals surface area contributed by atoms with E-state index in [0.29, 0.717) is 31.5 Å². The molecule has 2 saturated heterocycles. The highest BCUT2D eigenvalue weighted by atomic mass is 16.2. The third-order valence-electron chi connectivity index (χ3n) is 4.71. The third-order valence-corrected chi connectivity index (χ3v) is 4.71. The Labute approximate surface area is 134 Å². The molecule has 23 heavy (non-hydrogen) atoms. The number of carbonyl (C=O) groups is 3. The quantitative estimate of drug-likeness (QED) is 0.774. The molecule has 2 fully saturated rings. The van der Waals surface area contributed by atoms with Gasteiger partial charge in [-0.15, -0.1) is 0 Å². The highest BCUT2D eigenvalue weighted by Crippen LogP contribution is 2.38. The molecule has 0 aliphatic carbocycles. The average Bonchev–Trinajstić information content (AvgIpc) is 2.94. The number of amides is 3. The van der Waals surface area contributed by atoms with Crippen LogP contribution in [0.3, 0.4) is 0 Å². The van der Waals surface area contributed by atoms with Crippen molar-refractivity contribution in [2.45, 2.75) is 25.7 Å². The fourth-order valence-corrected chi connectivity index (χ4v) is 3.33. The number of aromatic nitrogens is 1. The molecule has 2 aliphatic heterocycles. The first-order chi connectivity index (χ1) is 11.0. The summed E-state index contributed by atoms with van der Waals surface area (Å²) in [5.74, 6) is 0.226. The molecule has 1 unspecified atom stereocenters. The Kier molecular flexibility index (Phi) is 4.02. The molecule has 0 radical (unpaired) electrons. The van der Waals surface area contributed by atoms with E-state index in [1.807, 2.05) is 4.90 Å². The maximum Gasteiger partial charge on any atom is 0.252 e. The molecule has 0 bridgehead atoms. The Morgan fingerprint density at radius 1 is 1.35 bits per heavy atom. The van der Waals surface area contributed by atoms with Crippen LogP contribution in [0.2, 0.25) is 0 Å². The summed E-state index contributed by atoms with van der Waals surface area (Å²) in [6, 6.07) is 3.52. The van der Waals surface area contributed by atoms with Gasteiger partial charge in [-0.05, 0) is 31.4 Å². The van der Waals surface area contributed by atoms with Gasteiger partial charge in [-0.3, -0.25) is 19.7 Å². The van der Waals surface area contributed by atoms with Crippen molar-refractivity contribution in [3.63, 3.8) is 0 Å². The van der Waals surface area contributed by atoms with Gasteiger partial charge in [-0.1, -0.05) is 0 Å². The maximum atomic E-state index is 12.4. The van der Waals surface area contributed by atoms with E-state index in [-0.39, 0.29) is 17.7 Å². The first-order valence-corrected chi connectivity index (χ1v) is 7.81. The van der Waals surface area contributed by atoms with E-state index in [2.05, 4.69) is 15.6 Å². The zero-order valence-electron chi connectivity index (χ0n) is 13.1. The Morgan fingerprint density at radius 3 is 2.87 bits per heavy atom. The van der Waals surface area contributed by atoms with Crippen LogP contribution in [0.25, 0.3) is 0 Å². The summed E-state index contributed by atoms with van der Waals surface area (Å²) in [5.41, 5.74) is -0.00390. The normalized spacial score (nSPS) is 24.5. The number of pyridine rings is 1. The van der Waals surface area contributed by atoms with Crippen LogP contribution in [0.15, 0.2) is 18.3 Å². The summed E-state index contributed by atoms with van der Waals surface area (Å²) >= 11 is 0. The molecule has 1 aromatic rings. The largest absolute Gasteiger partial charge is 0.356 e. The molecule has 1 atom stereocenters. The van der Waals surface area contributed by atoms with Gasteiger partial charge in [0.05, 0.1) is 11.0 Å². The molecule has 2 aliphatic rings. The van der Waals surface area contributed by atoms with Crippen LogP contribution in [-0.2, 0) is 9.59 Å². The fraction of sp³-hybridized carbons (Fsp3) is 0.500. The number of nitrogens with zero attached hydrogens (tertiary/aromatic N) is 2. The molecular formula is C16H20N4O3. The second-order valence-corrected chi connectivity index (χ2v) is 6.17. The highest BCUT2D eigenvalue weighted by Gasteiger charge is 2.46. The first kappa shape index (κ1) is 15.5. The number of hydrogen-bond acceptors (Lipinski definition) is 5. The molecule has 1 spiro atoms. The zero-order valence-corrected chi connectivity index (χ0v) is 13.1. The van der Waals surface area contributed by atoms with Crippen molar-refractivity contribution < 1.29 is 14.4 Å². The van der Waals surface area contributed by atoms with Crippen molar-refractivity contribution >= 4 is 23.5 Å². The molecule has 7 heteroatoms. The SMILES string of the molecule is CNC(=O)c1ccc(N2CCC3(CCCC(=O)NC3=O)C2)nc1. The van der Waals surface area contributed by atoms with Gasteiger partial charge in [-0.25, -0.2) is 4.98 Å². The van der Waals surface area contributed by atoms with Crippen molar-refractivity contribution in [2.24, 2.45) is 5.41 Å². The summed E-state index contributed by atoms with van der Waals surface area (Å²) in [5, 5.41) is 5.06. The van der Waals surface area contributed by atoms with E-state index in [4.69, 9.17) is 0 Å². The minimum Gasteiger partial charge on any atom is -0.356 e. The summed E-state index contributed by atoms with van der Waals surface area (Å²) < 4.78 is 0. The summed E-state index contributed by atoms with van der Waals surface area (Å²) in [4.78, 5) is 41.8. The standard InChI is InChI=1S/C16H20N4O3/c1-17-14(22)11-4-5-12(18-9-11)20-8-7-16(10-20)6-2-3-13(21)19-15(16)23/h4-5,9H,2-3,6-8,10H2,1H3,(H,17,22)(H,19,21,23). The van der Waals surface area contributed by atoms with Gasteiger partial charge >= 0.3 is 0 Å². The van der Waals surface area contributed by atoms with Gasteiger partial charge in [0.2, 0.25) is 11.8 Å². The van der Waals surface area contributed by atoms with Crippen LogP contribution < -0.4 is 15.5 Å². The van der Waals surface area contributed by atoms with Crippen molar-refractivity contribution in [1.82, 2.24) is 15.6 Å². The fourth-order valence-electron chi connectivity index (χ4n) is 3.33. The minimum absolute atomic E-state index is 0.163. The molecule has 3 heterocycles. The van der Waals surface area contributed by atoms with Gasteiger partial charge in [-0.2, -0.15) is 0 Å². The molecule has 0 saturated carbocycles. The lowest BCUT2D eigenvalue weighted by molar-refractivity contribution is -0.134. The Bertz CT molecular complexity index is 643. The van der Waals surface area contributed by atoms with Crippen LogP contribution in [0.5, 0.6) is 0 Å². The molecule has 0 aromatic carbocycles. The van der Waals surface area contributed by atoms with Crippen LogP contribution >= 0.6 is 0 Å². The van der Waals surface area contributed by atoms with E-state index in [1.54, 1.807) is 19.2 Å². The van der Waals surface area contributed by atoms with Crippen LogP contribution in [0.1, 0.15) is 36.0 Å². The molecule has 3 rings (SSSR count). The lowest BCUT2D eigenvalue weighted by atomic mass is 9.82. The third kappa shape index (κ3) is 2.91. The van der Waals surface area contributed by atoms with E-state index >= 15 is 0 Å². The number of imide groups is 1. The summed E-state index contributed by atoms with van der Waals surface area (Å²) in [7, 11) is 1.58. The number of nitrogens with one attached hydrogen (secondary N) is 2. The Balaban J connectivity index is 1.75. The van der Waals surface area contributed by atoms with Gasteiger partial charge in [0.25, 0.3) is 5.91 Å². The average molecular weight is 316 g/mol. The van der Waals surface area contributed by atoms with Crippen molar-refractivity contribution in [3.05, 3.63) is 23.9 Å². The second kappa shape index (κ2) is 5.98. The zero-order chi connectivity index (χ0) is 16.4. The van der Waals surface area contributed by atoms with Crippen LogP contribution in [0.4, 0.5) is 5.82 Å². The van der Waals surface area contributed by atoms with E-state index in [9.17, 15) is 14.4 Å². The molecule has 1 aromatic heterocycles. The Morgan fingerprint density at radius 2 is 2.17 bits per heavy atom. The monoisotopic (exact) mass is 316 g/mol. The predicted octanol–water partition coefficient (Wildman–Crippen LogP) is 0.464. The molecular weight excluding hydrogens is 296 g/mol. The van der Waals surface area contributed by atoms with Crippen LogP contribution in [0, 0.1) is 5.41 Å². The molecule has 3 amide bonds. The van der Waals surface area contributed by atoms with Gasteiger partial charge in [0, 0.05) is 32.8 Å². The van der Waals surface area contributed by atoms with Crippen LogP contribution in [-0.4, -0.2) is 42.8 Å². The second-order valence-electron chi connectivity index (χ2n) is 6.17. The summed E-state index contributed by atoms with van der Waals surface area (Å²) in [6.45, 7) is 1.27. The van der Waals surface area contributed by atoms with E-state index < -0.39 is 5.41 Å². The number of rotatable bonds is 2. The topological polar surface area (TPSA) is 91.4 Å². The van der Waals surface area contributed by atoms with E-state index in [1.165, 1.54) is 6.20 Å². The van der Waals surface area contributed by atoms with Crippen molar-refractivity contribution in [3.8, 4) is 0 Å². The van der Waals surface area contributed by atoms with Crippen molar-refractivity contribution in [1.29, 1.82) is 0 Å². The van der Waals surface area contributed by atoms with Crippen molar-refractivity contribution in [2.75, 3.05) is 25.0 Å².